The molecule has 1 unspecified atom stereocenters. The van der Waals surface area contributed by atoms with Gasteiger partial charge in [-0.05, 0) is 43.3 Å². The van der Waals surface area contributed by atoms with Gasteiger partial charge in [-0.25, -0.2) is 0 Å². The van der Waals surface area contributed by atoms with E-state index in [9.17, 15) is 14.9 Å². The highest BCUT2D eigenvalue weighted by molar-refractivity contribution is 8.03. The van der Waals surface area contributed by atoms with Crippen LogP contribution in [0.15, 0.2) is 99.3 Å². The summed E-state index contributed by atoms with van der Waals surface area (Å²) >= 11 is 1.19. The minimum absolute atomic E-state index is 0.0727. The van der Waals surface area contributed by atoms with Gasteiger partial charge in [0.05, 0.1) is 53.0 Å². The largest absolute Gasteiger partial charge is 0.495 e. The number of carbonyl (C=O) groups excluding carboxylic acids is 2. The Hall–Kier alpha value is -4.42. The summed E-state index contributed by atoms with van der Waals surface area (Å²) in [5.74, 6) is -0.328. The SMILES string of the molecule is COc1ccccc1NC(=O)C1=C(C)NC(SCC(=O)Nc2ccccc2)=C(C#N)C1c1ccco1. The number of nitrogens with zero attached hydrogens (tertiary/aromatic N) is 1. The standard InChI is InChI=1S/C27H24N4O4S/c1-17-24(26(33)31-20-11-6-7-12-21(20)34-2)25(22-13-8-14-35-22)19(15-28)27(29-17)36-16-23(32)30-18-9-4-3-5-10-18/h3-14,25,29H,16H2,1-2H3,(H,30,32)(H,31,33). The summed E-state index contributed by atoms with van der Waals surface area (Å²) in [6.07, 6.45) is 1.50. The maximum Gasteiger partial charge on any atom is 0.254 e. The van der Waals surface area contributed by atoms with E-state index in [-0.39, 0.29) is 11.7 Å². The molecule has 2 aromatic carbocycles. The summed E-state index contributed by atoms with van der Waals surface area (Å²) in [6.45, 7) is 1.76. The molecule has 2 amide bonds. The molecule has 1 atom stereocenters. The summed E-state index contributed by atoms with van der Waals surface area (Å²) in [5.41, 5.74) is 2.37. The molecule has 1 aromatic heterocycles. The van der Waals surface area contributed by atoms with Gasteiger partial charge in [0.2, 0.25) is 5.91 Å². The van der Waals surface area contributed by atoms with Gasteiger partial charge in [0, 0.05) is 11.4 Å². The summed E-state index contributed by atoms with van der Waals surface area (Å²) < 4.78 is 11.0. The Balaban J connectivity index is 1.60. The quantitative estimate of drug-likeness (QED) is 0.399. The predicted molar refractivity (Wildman–Crippen MR) is 139 cm³/mol. The second-order valence-corrected chi connectivity index (χ2v) is 8.81. The molecule has 1 aliphatic rings. The first-order valence-electron chi connectivity index (χ1n) is 11.1. The zero-order valence-corrected chi connectivity index (χ0v) is 20.5. The van der Waals surface area contributed by atoms with E-state index in [1.54, 1.807) is 55.5 Å². The zero-order valence-electron chi connectivity index (χ0n) is 19.7. The fraction of sp³-hybridized carbons (Fsp3) is 0.148. The van der Waals surface area contributed by atoms with Crippen molar-refractivity contribution < 1.29 is 18.7 Å². The van der Waals surface area contributed by atoms with Crippen molar-refractivity contribution in [1.82, 2.24) is 5.32 Å². The number of nitriles is 1. The van der Waals surface area contributed by atoms with Crippen molar-refractivity contribution in [1.29, 1.82) is 5.26 Å². The second kappa shape index (κ2) is 11.3. The molecule has 1 aliphatic heterocycles. The normalized spacial score (nSPS) is 15.1. The van der Waals surface area contributed by atoms with Crippen molar-refractivity contribution in [3.8, 4) is 11.8 Å². The summed E-state index contributed by atoms with van der Waals surface area (Å²) in [6, 6.07) is 21.9. The molecular weight excluding hydrogens is 476 g/mol. The van der Waals surface area contributed by atoms with Crippen LogP contribution < -0.4 is 20.7 Å². The molecule has 9 heteroatoms. The van der Waals surface area contributed by atoms with Crippen molar-refractivity contribution in [2.75, 3.05) is 23.5 Å². The number of amides is 2. The van der Waals surface area contributed by atoms with Crippen LogP contribution in [-0.4, -0.2) is 24.7 Å². The van der Waals surface area contributed by atoms with E-state index in [1.807, 2.05) is 18.2 Å². The lowest BCUT2D eigenvalue weighted by Crippen LogP contribution is -2.31. The van der Waals surface area contributed by atoms with Gasteiger partial charge < -0.3 is 25.1 Å². The molecule has 0 radical (unpaired) electrons. The van der Waals surface area contributed by atoms with Gasteiger partial charge >= 0.3 is 0 Å². The van der Waals surface area contributed by atoms with Crippen LogP contribution in [0.2, 0.25) is 0 Å². The van der Waals surface area contributed by atoms with Crippen LogP contribution in [0.1, 0.15) is 18.6 Å². The third-order valence-electron chi connectivity index (χ3n) is 5.48. The first kappa shape index (κ1) is 24.7. The van der Waals surface area contributed by atoms with E-state index >= 15 is 0 Å². The van der Waals surface area contributed by atoms with E-state index in [0.29, 0.717) is 44.8 Å². The second-order valence-electron chi connectivity index (χ2n) is 7.82. The third kappa shape index (κ3) is 5.45. The van der Waals surface area contributed by atoms with E-state index in [4.69, 9.17) is 9.15 Å². The third-order valence-corrected chi connectivity index (χ3v) is 6.50. The highest BCUT2D eigenvalue weighted by Gasteiger charge is 2.36. The molecule has 3 N–H and O–H groups in total. The molecule has 0 fully saturated rings. The highest BCUT2D eigenvalue weighted by Crippen LogP contribution is 2.41. The Morgan fingerprint density at radius 3 is 2.53 bits per heavy atom. The minimum atomic E-state index is -0.749. The number of allylic oxidation sites excluding steroid dienone is 2. The number of dihydropyridines is 1. The van der Waals surface area contributed by atoms with Gasteiger partial charge in [-0.15, -0.1) is 0 Å². The van der Waals surface area contributed by atoms with Gasteiger partial charge in [-0.1, -0.05) is 42.1 Å². The Kier molecular flexibility index (Phi) is 7.78. The number of carbonyl (C=O) groups is 2. The minimum Gasteiger partial charge on any atom is -0.495 e. The lowest BCUT2D eigenvalue weighted by Gasteiger charge is -2.28. The molecule has 0 aliphatic carbocycles. The van der Waals surface area contributed by atoms with E-state index in [0.717, 1.165) is 0 Å². The molecule has 4 rings (SSSR count). The average Bonchev–Trinajstić information content (AvgIpc) is 3.42. The first-order valence-corrected chi connectivity index (χ1v) is 12.1. The lowest BCUT2D eigenvalue weighted by atomic mass is 9.85. The van der Waals surface area contributed by atoms with E-state index < -0.39 is 11.8 Å². The Labute approximate surface area is 213 Å². The number of furan rings is 1. The van der Waals surface area contributed by atoms with Crippen LogP contribution >= 0.6 is 11.8 Å². The first-order chi connectivity index (χ1) is 17.5. The van der Waals surface area contributed by atoms with Crippen LogP contribution in [0.5, 0.6) is 5.75 Å². The maximum atomic E-state index is 13.5. The van der Waals surface area contributed by atoms with Crippen LogP contribution in [-0.2, 0) is 9.59 Å². The maximum absolute atomic E-state index is 13.5. The topological polar surface area (TPSA) is 116 Å². The predicted octanol–water partition coefficient (Wildman–Crippen LogP) is 4.99. The number of anilines is 2. The smallest absolute Gasteiger partial charge is 0.254 e. The van der Waals surface area contributed by atoms with E-state index in [1.165, 1.54) is 25.1 Å². The molecule has 182 valence electrons. The van der Waals surface area contributed by atoms with Gasteiger partial charge in [-0.2, -0.15) is 5.26 Å². The summed E-state index contributed by atoms with van der Waals surface area (Å²) in [7, 11) is 1.53. The number of hydrogen-bond acceptors (Lipinski definition) is 7. The fourth-order valence-corrected chi connectivity index (χ4v) is 4.75. The molecule has 2 heterocycles. The highest BCUT2D eigenvalue weighted by atomic mass is 32.2. The van der Waals surface area contributed by atoms with Crippen molar-refractivity contribution in [3.63, 3.8) is 0 Å². The van der Waals surface area contributed by atoms with Gasteiger partial charge in [0.15, 0.2) is 0 Å². The molecule has 36 heavy (non-hydrogen) atoms. The van der Waals surface area contributed by atoms with Gasteiger partial charge in [0.1, 0.15) is 11.5 Å². The van der Waals surface area contributed by atoms with E-state index in [2.05, 4.69) is 22.0 Å². The number of nitrogens with one attached hydrogen (secondary N) is 3. The summed E-state index contributed by atoms with van der Waals surface area (Å²) in [5, 5.41) is 19.5. The molecular formula is C27H24N4O4S. The Morgan fingerprint density at radius 2 is 1.83 bits per heavy atom. The average molecular weight is 501 g/mol. The van der Waals surface area contributed by atoms with Gasteiger partial charge in [0.25, 0.3) is 5.91 Å². The van der Waals surface area contributed by atoms with Crippen LogP contribution in [0.25, 0.3) is 0 Å². The van der Waals surface area contributed by atoms with Crippen molar-refractivity contribution in [2.24, 2.45) is 0 Å². The Morgan fingerprint density at radius 1 is 1.08 bits per heavy atom. The van der Waals surface area contributed by atoms with Crippen LogP contribution in [0, 0.1) is 11.3 Å². The number of benzene rings is 2. The Bertz CT molecular complexity index is 1360. The number of rotatable bonds is 8. The number of para-hydroxylation sites is 3. The van der Waals surface area contributed by atoms with Crippen molar-refractivity contribution in [3.05, 3.63) is 101 Å². The molecule has 0 saturated carbocycles. The molecule has 0 bridgehead atoms. The number of ether oxygens (including phenoxy) is 1. The monoisotopic (exact) mass is 500 g/mol. The molecule has 0 spiro atoms. The fourth-order valence-electron chi connectivity index (χ4n) is 3.86. The number of thioether (sulfide) groups is 1. The summed E-state index contributed by atoms with van der Waals surface area (Å²) in [4.78, 5) is 26.0. The number of hydrogen-bond donors (Lipinski definition) is 3. The zero-order chi connectivity index (χ0) is 25.5. The lowest BCUT2D eigenvalue weighted by molar-refractivity contribution is -0.114. The molecule has 0 saturated heterocycles. The van der Waals surface area contributed by atoms with Crippen LogP contribution in [0.4, 0.5) is 11.4 Å². The van der Waals surface area contributed by atoms with Crippen LogP contribution in [0.3, 0.4) is 0 Å². The van der Waals surface area contributed by atoms with Crippen molar-refractivity contribution >= 4 is 35.0 Å². The molecule has 3 aromatic rings. The van der Waals surface area contributed by atoms with Gasteiger partial charge in [-0.3, -0.25) is 9.59 Å². The number of methoxy groups -OCH3 is 1. The van der Waals surface area contributed by atoms with Crippen molar-refractivity contribution in [2.45, 2.75) is 12.8 Å². The molecule has 8 nitrogen and oxygen atoms in total.